The molecule has 4 heterocycles. The second-order valence-electron chi connectivity index (χ2n) is 11.7. The number of morpholine rings is 1. The zero-order valence-electron chi connectivity index (χ0n) is 23.7. The summed E-state index contributed by atoms with van der Waals surface area (Å²) in [7, 11) is 0. The molecule has 3 aliphatic heterocycles. The number of aromatic nitrogens is 2. The van der Waals surface area contributed by atoms with Gasteiger partial charge in [0.15, 0.2) is 5.82 Å². The second-order valence-corrected chi connectivity index (χ2v) is 12.1. The lowest BCUT2D eigenvalue weighted by Gasteiger charge is -2.34. The molecule has 3 saturated heterocycles. The number of rotatable bonds is 7. The summed E-state index contributed by atoms with van der Waals surface area (Å²) in [4.78, 5) is 14.0. The summed E-state index contributed by atoms with van der Waals surface area (Å²) in [6.07, 6.45) is 3.01. The van der Waals surface area contributed by atoms with Crippen LogP contribution < -0.4 is 15.0 Å². The van der Waals surface area contributed by atoms with Gasteiger partial charge in [0.1, 0.15) is 17.1 Å². The number of hydrogen-bond donors (Lipinski definition) is 2. The van der Waals surface area contributed by atoms with Crippen LogP contribution in [0.25, 0.3) is 32.8 Å². The fraction of sp³-hybridized carbons (Fsp3) is 0.438. The lowest BCUT2D eigenvalue weighted by atomic mass is 9.96. The maximum atomic E-state index is 16.7. The molecule has 8 nitrogen and oxygen atoms in total. The zero-order valence-corrected chi connectivity index (χ0v) is 24.4. The molecule has 0 radical (unpaired) electrons. The number of hydrogen-bond acceptors (Lipinski definition) is 8. The first kappa shape index (κ1) is 27.6. The molecule has 3 fully saturated rings. The third-order valence-corrected chi connectivity index (χ3v) is 9.10. The van der Waals surface area contributed by atoms with Crippen LogP contribution in [0.5, 0.6) is 11.8 Å². The number of halogens is 2. The van der Waals surface area contributed by atoms with Crippen LogP contribution in [0.4, 0.5) is 10.2 Å². The van der Waals surface area contributed by atoms with Crippen molar-refractivity contribution >= 4 is 39.1 Å². The number of anilines is 1. The lowest BCUT2D eigenvalue weighted by Crippen LogP contribution is -2.51. The molecule has 7 rings (SSSR count). The van der Waals surface area contributed by atoms with Gasteiger partial charge in [0.05, 0.1) is 24.8 Å². The first-order valence-electron chi connectivity index (χ1n) is 14.8. The van der Waals surface area contributed by atoms with Gasteiger partial charge in [-0.15, -0.1) is 0 Å². The summed E-state index contributed by atoms with van der Waals surface area (Å²) in [6, 6.07) is 13.8. The first-order chi connectivity index (χ1) is 20.4. The van der Waals surface area contributed by atoms with Gasteiger partial charge in [-0.25, -0.2) is 4.39 Å². The van der Waals surface area contributed by atoms with E-state index in [-0.39, 0.29) is 27.9 Å². The summed E-state index contributed by atoms with van der Waals surface area (Å²) in [5.74, 6) is 0.128. The predicted octanol–water partition coefficient (Wildman–Crippen LogP) is 5.38. The summed E-state index contributed by atoms with van der Waals surface area (Å²) >= 11 is 6.85. The molecular weight excluding hydrogens is 557 g/mol. The van der Waals surface area contributed by atoms with Gasteiger partial charge in [-0.2, -0.15) is 9.97 Å². The van der Waals surface area contributed by atoms with Crippen molar-refractivity contribution in [3.63, 3.8) is 0 Å². The maximum Gasteiger partial charge on any atom is 0.319 e. The predicted molar refractivity (Wildman–Crippen MR) is 163 cm³/mol. The van der Waals surface area contributed by atoms with Crippen LogP contribution in [0, 0.1) is 5.82 Å². The number of fused-ring (bicyclic) bond motifs is 4. The Morgan fingerprint density at radius 1 is 1.12 bits per heavy atom. The molecule has 0 aliphatic carbocycles. The maximum absolute atomic E-state index is 16.7. The Bertz CT molecular complexity index is 1630. The smallest absolute Gasteiger partial charge is 0.319 e. The van der Waals surface area contributed by atoms with Crippen LogP contribution >= 0.6 is 11.6 Å². The summed E-state index contributed by atoms with van der Waals surface area (Å²) in [5.41, 5.74) is 0.875. The molecule has 2 bridgehead atoms. The van der Waals surface area contributed by atoms with Crippen molar-refractivity contribution in [3.05, 3.63) is 53.3 Å². The third-order valence-electron chi connectivity index (χ3n) is 8.80. The molecule has 4 aromatic rings. The van der Waals surface area contributed by atoms with Crippen molar-refractivity contribution in [1.29, 1.82) is 0 Å². The molecule has 1 aromatic heterocycles. The molecule has 0 amide bonds. The van der Waals surface area contributed by atoms with Crippen LogP contribution in [0.1, 0.15) is 26.2 Å². The summed E-state index contributed by atoms with van der Waals surface area (Å²) in [5, 5.41) is 16.5. The number of ether oxygens (including phenoxy) is 2. The Kier molecular flexibility index (Phi) is 7.52. The number of phenolic OH excluding ortho intramolecular Hbond substituents is 1. The van der Waals surface area contributed by atoms with E-state index in [1.54, 1.807) is 18.2 Å². The number of phenols is 1. The molecule has 42 heavy (non-hydrogen) atoms. The molecule has 3 aliphatic rings. The highest BCUT2D eigenvalue weighted by Gasteiger charge is 2.34. The number of piperazine rings is 1. The molecular formula is C32H35ClFN5O3. The van der Waals surface area contributed by atoms with E-state index >= 15 is 4.39 Å². The van der Waals surface area contributed by atoms with Crippen molar-refractivity contribution < 1.29 is 19.0 Å². The fourth-order valence-electron chi connectivity index (χ4n) is 6.71. The highest BCUT2D eigenvalue weighted by molar-refractivity contribution is 6.35. The molecule has 2 unspecified atom stereocenters. The van der Waals surface area contributed by atoms with Gasteiger partial charge in [0.2, 0.25) is 0 Å². The number of nitrogens with one attached hydrogen (secondary N) is 1. The topological polar surface area (TPSA) is 83.0 Å². The SMILES string of the molecule is C[C@H]1COCCN1CCCOc1nc(N2CC3CCC(C2)N3)c2cc(Cl)c(-c3cc(O)cc4ccccc34)c(F)c2n1. The molecule has 10 heteroatoms. The fourth-order valence-corrected chi connectivity index (χ4v) is 7.00. The highest BCUT2D eigenvalue weighted by Crippen LogP contribution is 2.42. The Balaban J connectivity index is 1.28. The van der Waals surface area contributed by atoms with Gasteiger partial charge in [-0.05, 0) is 60.7 Å². The third kappa shape index (κ3) is 5.24. The van der Waals surface area contributed by atoms with Crippen LogP contribution in [-0.4, -0.2) is 84.1 Å². The molecule has 220 valence electrons. The van der Waals surface area contributed by atoms with Gasteiger partial charge in [0, 0.05) is 55.3 Å². The van der Waals surface area contributed by atoms with Crippen molar-refractivity contribution in [2.75, 3.05) is 50.9 Å². The average molecular weight is 592 g/mol. The second kappa shape index (κ2) is 11.4. The van der Waals surface area contributed by atoms with Crippen LogP contribution in [0.15, 0.2) is 42.5 Å². The minimum Gasteiger partial charge on any atom is -0.508 e. The number of benzene rings is 3. The van der Waals surface area contributed by atoms with Crippen molar-refractivity contribution in [1.82, 2.24) is 20.2 Å². The van der Waals surface area contributed by atoms with Crippen molar-refractivity contribution in [2.24, 2.45) is 0 Å². The first-order valence-corrected chi connectivity index (χ1v) is 15.2. The van der Waals surface area contributed by atoms with Gasteiger partial charge in [-0.3, -0.25) is 4.90 Å². The molecule has 0 spiro atoms. The average Bonchev–Trinajstić information content (AvgIpc) is 3.33. The van der Waals surface area contributed by atoms with Crippen molar-refractivity contribution in [3.8, 4) is 22.9 Å². The quantitative estimate of drug-likeness (QED) is 0.277. The van der Waals surface area contributed by atoms with E-state index in [2.05, 4.69) is 27.0 Å². The number of nitrogens with zero attached hydrogens (tertiary/aromatic N) is 4. The molecule has 3 atom stereocenters. The Labute approximate surface area is 249 Å². The summed E-state index contributed by atoms with van der Waals surface area (Å²) in [6.45, 7) is 7.40. The lowest BCUT2D eigenvalue weighted by molar-refractivity contribution is -0.00211. The number of aromatic hydroxyl groups is 1. The van der Waals surface area contributed by atoms with Crippen LogP contribution in [0.3, 0.4) is 0 Å². The minimum absolute atomic E-state index is 0.0394. The molecule has 0 saturated carbocycles. The molecule has 2 N–H and O–H groups in total. The Morgan fingerprint density at radius 3 is 2.74 bits per heavy atom. The van der Waals surface area contributed by atoms with Gasteiger partial charge >= 0.3 is 6.01 Å². The van der Waals surface area contributed by atoms with E-state index in [1.165, 1.54) is 0 Å². The van der Waals surface area contributed by atoms with E-state index in [4.69, 9.17) is 26.1 Å². The molecule has 3 aromatic carbocycles. The van der Waals surface area contributed by atoms with E-state index in [9.17, 15) is 5.11 Å². The van der Waals surface area contributed by atoms with Crippen molar-refractivity contribution in [2.45, 2.75) is 44.3 Å². The Morgan fingerprint density at radius 2 is 1.93 bits per heavy atom. The Hall–Kier alpha value is -3.24. The highest BCUT2D eigenvalue weighted by atomic mass is 35.5. The minimum atomic E-state index is -0.554. The van der Waals surface area contributed by atoms with E-state index in [0.717, 1.165) is 69.4 Å². The summed E-state index contributed by atoms with van der Waals surface area (Å²) < 4.78 is 28.3. The van der Waals surface area contributed by atoms with Gasteiger partial charge in [-0.1, -0.05) is 35.9 Å². The van der Waals surface area contributed by atoms with E-state index < -0.39 is 5.82 Å². The van der Waals surface area contributed by atoms with E-state index in [0.29, 0.717) is 41.5 Å². The normalized spacial score (nSPS) is 22.7. The van der Waals surface area contributed by atoms with Crippen LogP contribution in [0.2, 0.25) is 5.02 Å². The van der Waals surface area contributed by atoms with Crippen LogP contribution in [-0.2, 0) is 4.74 Å². The van der Waals surface area contributed by atoms with Gasteiger partial charge in [0.25, 0.3) is 0 Å². The van der Waals surface area contributed by atoms with E-state index in [1.807, 2.05) is 24.3 Å². The largest absolute Gasteiger partial charge is 0.508 e. The monoisotopic (exact) mass is 591 g/mol. The zero-order chi connectivity index (χ0) is 28.8. The standard InChI is InChI=1S/C32H35ClFN5O3/c1-19-18-41-12-10-38(19)9-4-11-42-32-36-30-26(31(37-32)39-16-21-7-8-22(17-39)35-21)15-27(33)28(29(30)34)25-14-23(40)13-20-5-2-3-6-24(20)25/h2-3,5-6,13-15,19,21-22,35,40H,4,7-12,16-18H2,1H3/t19-,21?,22?/m0/s1. The van der Waals surface area contributed by atoms with Gasteiger partial charge < -0.3 is 24.8 Å².